The number of anilines is 1. The molecule has 23 heavy (non-hydrogen) atoms. The quantitative estimate of drug-likeness (QED) is 0.918. The zero-order chi connectivity index (χ0) is 17.1. The second-order valence-corrected chi connectivity index (χ2v) is 6.22. The lowest BCUT2D eigenvalue weighted by atomic mass is 10.1. The van der Waals surface area contributed by atoms with E-state index in [2.05, 4.69) is 34.6 Å². The van der Waals surface area contributed by atoms with Gasteiger partial charge in [-0.15, -0.1) is 10.2 Å². The van der Waals surface area contributed by atoms with E-state index < -0.39 is 0 Å². The number of nitrogens with one attached hydrogen (secondary N) is 1. The molecule has 0 saturated carbocycles. The highest BCUT2D eigenvalue weighted by Gasteiger charge is 2.13. The van der Waals surface area contributed by atoms with Crippen LogP contribution in [-0.4, -0.2) is 39.2 Å². The molecule has 0 radical (unpaired) electrons. The van der Waals surface area contributed by atoms with Gasteiger partial charge in [-0.3, -0.25) is 9.69 Å². The fraction of sp³-hybridized carbons (Fsp3) is 0.471. The Bertz CT molecular complexity index is 697. The van der Waals surface area contributed by atoms with Crippen LogP contribution in [-0.2, 0) is 18.4 Å². The number of aromatic nitrogens is 3. The fourth-order valence-corrected chi connectivity index (χ4v) is 2.69. The topological polar surface area (TPSA) is 63.1 Å². The van der Waals surface area contributed by atoms with E-state index in [4.69, 9.17) is 0 Å². The van der Waals surface area contributed by atoms with Gasteiger partial charge in [-0.05, 0) is 45.9 Å². The Morgan fingerprint density at radius 2 is 1.78 bits per heavy atom. The molecular formula is C17H25N5O. The molecule has 6 heteroatoms. The van der Waals surface area contributed by atoms with Crippen LogP contribution < -0.4 is 5.32 Å². The molecule has 1 heterocycles. The lowest BCUT2D eigenvalue weighted by Gasteiger charge is -2.17. The van der Waals surface area contributed by atoms with Crippen LogP contribution in [0, 0.1) is 27.7 Å². The third-order valence-corrected chi connectivity index (χ3v) is 3.95. The van der Waals surface area contributed by atoms with Gasteiger partial charge in [0.1, 0.15) is 11.6 Å². The molecule has 6 nitrogen and oxygen atoms in total. The molecule has 2 aromatic rings. The summed E-state index contributed by atoms with van der Waals surface area (Å²) in [5.74, 6) is 1.69. The molecular weight excluding hydrogens is 290 g/mol. The van der Waals surface area contributed by atoms with E-state index in [0.717, 1.165) is 28.5 Å². The lowest BCUT2D eigenvalue weighted by Crippen LogP contribution is -2.31. The van der Waals surface area contributed by atoms with Gasteiger partial charge in [-0.2, -0.15) is 0 Å². The van der Waals surface area contributed by atoms with Crippen molar-refractivity contribution in [3.8, 4) is 0 Å². The minimum atomic E-state index is -0.0264. The second-order valence-electron chi connectivity index (χ2n) is 6.22. The fourth-order valence-electron chi connectivity index (χ4n) is 2.69. The summed E-state index contributed by atoms with van der Waals surface area (Å²) in [7, 11) is 3.83. The Hall–Kier alpha value is -2.21. The maximum atomic E-state index is 12.3. The van der Waals surface area contributed by atoms with Crippen molar-refractivity contribution in [2.45, 2.75) is 34.2 Å². The molecule has 0 bridgehead atoms. The number of hydrogen-bond donors (Lipinski definition) is 1. The van der Waals surface area contributed by atoms with Gasteiger partial charge in [0, 0.05) is 12.7 Å². The lowest BCUT2D eigenvalue weighted by molar-refractivity contribution is -0.117. The molecule has 1 aromatic carbocycles. The van der Waals surface area contributed by atoms with Gasteiger partial charge in [-0.1, -0.05) is 17.7 Å². The van der Waals surface area contributed by atoms with Crippen LogP contribution in [0.15, 0.2) is 12.1 Å². The normalized spacial score (nSPS) is 11.1. The summed E-state index contributed by atoms with van der Waals surface area (Å²) in [5.41, 5.74) is 4.28. The summed E-state index contributed by atoms with van der Waals surface area (Å²) in [6, 6.07) is 4.16. The molecule has 0 aliphatic heterocycles. The van der Waals surface area contributed by atoms with Crippen molar-refractivity contribution in [3.05, 3.63) is 40.5 Å². The summed E-state index contributed by atoms with van der Waals surface area (Å²) in [4.78, 5) is 14.2. The molecule has 0 aliphatic carbocycles. The third-order valence-electron chi connectivity index (χ3n) is 3.95. The van der Waals surface area contributed by atoms with Gasteiger partial charge in [0.05, 0.1) is 13.1 Å². The number of carbonyl (C=O) groups excluding carboxylic acids is 1. The van der Waals surface area contributed by atoms with Crippen LogP contribution >= 0.6 is 0 Å². The van der Waals surface area contributed by atoms with Crippen molar-refractivity contribution in [3.63, 3.8) is 0 Å². The highest BCUT2D eigenvalue weighted by Crippen LogP contribution is 2.21. The highest BCUT2D eigenvalue weighted by molar-refractivity contribution is 5.93. The first-order valence-electron chi connectivity index (χ1n) is 7.69. The summed E-state index contributed by atoms with van der Waals surface area (Å²) in [6.45, 7) is 8.88. The molecule has 124 valence electrons. The first-order valence-corrected chi connectivity index (χ1v) is 7.69. The number of aryl methyl sites for hydroxylation is 4. The largest absolute Gasteiger partial charge is 0.324 e. The third kappa shape index (κ3) is 4.16. The summed E-state index contributed by atoms with van der Waals surface area (Å²) in [5, 5.41) is 11.2. The van der Waals surface area contributed by atoms with Crippen molar-refractivity contribution >= 4 is 11.6 Å². The number of likely N-dealkylation sites (N-methyl/N-ethyl adjacent to an activating group) is 1. The zero-order valence-electron chi connectivity index (χ0n) is 14.8. The Kier molecular flexibility index (Phi) is 5.15. The second kappa shape index (κ2) is 6.91. The van der Waals surface area contributed by atoms with E-state index in [9.17, 15) is 4.79 Å². The van der Waals surface area contributed by atoms with E-state index in [1.807, 2.05) is 44.3 Å². The smallest absolute Gasteiger partial charge is 0.238 e. The summed E-state index contributed by atoms with van der Waals surface area (Å²) < 4.78 is 1.93. The molecule has 1 aromatic heterocycles. The molecule has 0 saturated heterocycles. The average molecular weight is 315 g/mol. The van der Waals surface area contributed by atoms with Crippen LogP contribution in [0.1, 0.15) is 28.3 Å². The minimum absolute atomic E-state index is 0.0264. The van der Waals surface area contributed by atoms with Gasteiger partial charge in [0.25, 0.3) is 0 Å². The molecule has 0 aliphatic rings. The number of hydrogen-bond acceptors (Lipinski definition) is 4. The summed E-state index contributed by atoms with van der Waals surface area (Å²) >= 11 is 0. The Balaban J connectivity index is 1.98. The van der Waals surface area contributed by atoms with Gasteiger partial charge in [0.15, 0.2) is 0 Å². The van der Waals surface area contributed by atoms with E-state index in [1.165, 1.54) is 5.56 Å². The van der Waals surface area contributed by atoms with E-state index in [0.29, 0.717) is 13.1 Å². The molecule has 1 N–H and O–H groups in total. The van der Waals surface area contributed by atoms with E-state index >= 15 is 0 Å². The first kappa shape index (κ1) is 17.1. The van der Waals surface area contributed by atoms with Crippen LogP contribution in [0.4, 0.5) is 5.69 Å². The first-order chi connectivity index (χ1) is 10.8. The number of carbonyl (C=O) groups is 1. The zero-order valence-corrected chi connectivity index (χ0v) is 14.8. The van der Waals surface area contributed by atoms with E-state index in [1.54, 1.807) is 0 Å². The van der Waals surface area contributed by atoms with Crippen molar-refractivity contribution in [1.29, 1.82) is 0 Å². The van der Waals surface area contributed by atoms with Crippen molar-refractivity contribution in [2.24, 2.45) is 7.05 Å². The average Bonchev–Trinajstić information content (AvgIpc) is 2.74. The maximum Gasteiger partial charge on any atom is 0.238 e. The number of nitrogens with zero attached hydrogens (tertiary/aromatic N) is 4. The van der Waals surface area contributed by atoms with Crippen LogP contribution in [0.3, 0.4) is 0 Å². The monoisotopic (exact) mass is 315 g/mol. The predicted molar refractivity (Wildman–Crippen MR) is 91.4 cm³/mol. The Morgan fingerprint density at radius 3 is 2.30 bits per heavy atom. The SMILES string of the molecule is Cc1cc(C)c(NC(=O)CN(C)Cc2nnc(C)n2C)c(C)c1. The summed E-state index contributed by atoms with van der Waals surface area (Å²) in [6.07, 6.45) is 0. The molecule has 1 amide bonds. The van der Waals surface area contributed by atoms with Crippen LogP contribution in [0.5, 0.6) is 0 Å². The van der Waals surface area contributed by atoms with Crippen LogP contribution in [0.25, 0.3) is 0 Å². The maximum absolute atomic E-state index is 12.3. The molecule has 0 unspecified atom stereocenters. The van der Waals surface area contributed by atoms with Gasteiger partial charge in [-0.25, -0.2) is 0 Å². The van der Waals surface area contributed by atoms with Crippen molar-refractivity contribution in [2.75, 3.05) is 18.9 Å². The predicted octanol–water partition coefficient (Wildman–Crippen LogP) is 2.12. The highest BCUT2D eigenvalue weighted by atomic mass is 16.2. The molecule has 0 spiro atoms. The number of amides is 1. The van der Waals surface area contributed by atoms with Gasteiger partial charge < -0.3 is 9.88 Å². The number of rotatable bonds is 5. The van der Waals surface area contributed by atoms with Crippen molar-refractivity contribution < 1.29 is 4.79 Å². The van der Waals surface area contributed by atoms with Crippen molar-refractivity contribution in [1.82, 2.24) is 19.7 Å². The Labute approximate surface area is 137 Å². The molecule has 2 rings (SSSR count). The van der Waals surface area contributed by atoms with E-state index in [-0.39, 0.29) is 5.91 Å². The molecule has 0 atom stereocenters. The van der Waals surface area contributed by atoms with Gasteiger partial charge >= 0.3 is 0 Å². The minimum Gasteiger partial charge on any atom is -0.324 e. The molecule has 0 fully saturated rings. The standard InChI is InChI=1S/C17H25N5O/c1-11-7-12(2)17(13(3)8-11)18-16(23)10-21(5)9-15-20-19-14(4)22(15)6/h7-8H,9-10H2,1-6H3,(H,18,23). The van der Waals surface area contributed by atoms with Crippen LogP contribution in [0.2, 0.25) is 0 Å². The van der Waals surface area contributed by atoms with Gasteiger partial charge in [0.2, 0.25) is 5.91 Å². The number of benzene rings is 1. The Morgan fingerprint density at radius 1 is 1.17 bits per heavy atom.